The summed E-state index contributed by atoms with van der Waals surface area (Å²) in [6, 6.07) is 7.07. The minimum absolute atomic E-state index is 0.143. The lowest BCUT2D eigenvalue weighted by Crippen LogP contribution is -2.51. The van der Waals surface area contributed by atoms with Gasteiger partial charge in [-0.25, -0.2) is 5.84 Å². The summed E-state index contributed by atoms with van der Waals surface area (Å²) < 4.78 is 5.48. The Hall–Kier alpha value is -2.08. The molecule has 1 atom stereocenters. The topological polar surface area (TPSA) is 84.7 Å². The Morgan fingerprint density at radius 2 is 2.18 bits per heavy atom. The Morgan fingerprint density at radius 3 is 2.82 bits per heavy atom. The molecule has 6 heteroatoms. The molecule has 0 radical (unpaired) electrons. The molecule has 2 rings (SSSR count). The van der Waals surface area contributed by atoms with E-state index in [1.807, 2.05) is 11.5 Å². The first-order chi connectivity index (χ1) is 8.13. The number of hydrazine groups is 1. The largest absolute Gasteiger partial charge is 0.476 e. The predicted octanol–water partition coefficient (Wildman–Crippen LogP) is -0.210. The van der Waals surface area contributed by atoms with Gasteiger partial charge >= 0.3 is 0 Å². The number of amides is 2. The van der Waals surface area contributed by atoms with Gasteiger partial charge in [0.1, 0.15) is 5.75 Å². The Balaban J connectivity index is 2.36. The van der Waals surface area contributed by atoms with Crippen molar-refractivity contribution in [3.05, 3.63) is 24.3 Å². The molecule has 1 aliphatic heterocycles. The first-order valence-corrected chi connectivity index (χ1v) is 5.17. The maximum Gasteiger partial charge on any atom is 0.276 e. The van der Waals surface area contributed by atoms with Gasteiger partial charge in [-0.3, -0.25) is 15.0 Å². The van der Waals surface area contributed by atoms with E-state index in [1.54, 1.807) is 18.2 Å². The lowest BCUT2D eigenvalue weighted by Gasteiger charge is -2.33. The Bertz CT molecular complexity index is 461. The van der Waals surface area contributed by atoms with Crippen molar-refractivity contribution in [2.45, 2.75) is 13.0 Å². The quantitative estimate of drug-likeness (QED) is 0.401. The predicted molar refractivity (Wildman–Crippen MR) is 61.2 cm³/mol. The second-order valence-electron chi connectivity index (χ2n) is 3.71. The molecular formula is C11H13N3O3. The highest BCUT2D eigenvalue weighted by molar-refractivity contribution is 5.95. The van der Waals surface area contributed by atoms with Crippen molar-refractivity contribution in [3.63, 3.8) is 0 Å². The number of nitrogens with two attached hydrogens (primary N) is 1. The van der Waals surface area contributed by atoms with Crippen LogP contribution >= 0.6 is 0 Å². The van der Waals surface area contributed by atoms with E-state index in [9.17, 15) is 9.59 Å². The van der Waals surface area contributed by atoms with Gasteiger partial charge in [0.2, 0.25) is 5.91 Å². The molecule has 1 aromatic rings. The number of ether oxygens (including phenoxy) is 1. The molecule has 0 aromatic heterocycles. The average molecular weight is 235 g/mol. The van der Waals surface area contributed by atoms with Gasteiger partial charge < -0.3 is 9.64 Å². The fourth-order valence-corrected chi connectivity index (χ4v) is 1.76. The third kappa shape index (κ3) is 2.07. The van der Waals surface area contributed by atoms with E-state index in [1.165, 1.54) is 11.8 Å². The van der Waals surface area contributed by atoms with Crippen LogP contribution in [-0.4, -0.2) is 24.5 Å². The van der Waals surface area contributed by atoms with E-state index in [4.69, 9.17) is 10.6 Å². The van der Waals surface area contributed by atoms with Gasteiger partial charge in [-0.15, -0.1) is 0 Å². The number of nitrogens with zero attached hydrogens (tertiary/aromatic N) is 1. The number of hydrogen-bond acceptors (Lipinski definition) is 4. The third-order valence-electron chi connectivity index (χ3n) is 2.59. The van der Waals surface area contributed by atoms with Crippen molar-refractivity contribution in [2.75, 3.05) is 11.4 Å². The smallest absolute Gasteiger partial charge is 0.276 e. The van der Waals surface area contributed by atoms with E-state index in [2.05, 4.69) is 0 Å². The van der Waals surface area contributed by atoms with Crippen molar-refractivity contribution in [1.29, 1.82) is 0 Å². The normalized spacial score (nSPS) is 18.0. The van der Waals surface area contributed by atoms with Crippen LogP contribution in [0.2, 0.25) is 0 Å². The fraction of sp³-hybridized carbons (Fsp3) is 0.273. The number of fused-ring (bicyclic) bond motifs is 1. The Labute approximate surface area is 98.3 Å². The molecule has 1 aliphatic rings. The highest BCUT2D eigenvalue weighted by Gasteiger charge is 2.31. The lowest BCUT2D eigenvalue weighted by molar-refractivity contribution is -0.128. The van der Waals surface area contributed by atoms with Crippen molar-refractivity contribution >= 4 is 17.5 Å². The van der Waals surface area contributed by atoms with Gasteiger partial charge in [-0.05, 0) is 12.1 Å². The lowest BCUT2D eigenvalue weighted by atomic mass is 10.2. The molecule has 0 aliphatic carbocycles. The van der Waals surface area contributed by atoms with Gasteiger partial charge in [-0.1, -0.05) is 12.1 Å². The second-order valence-corrected chi connectivity index (χ2v) is 3.71. The van der Waals surface area contributed by atoms with Gasteiger partial charge in [-0.2, -0.15) is 0 Å². The molecule has 2 amide bonds. The van der Waals surface area contributed by atoms with Crippen molar-refractivity contribution in [2.24, 2.45) is 5.84 Å². The standard InChI is InChI=1S/C11H13N3O3/c1-7(15)14-6-10(11(16)13-12)17-9-5-3-2-4-8(9)14/h2-5,10H,6,12H2,1H3,(H,13,16)/t10-/m0/s1. The monoisotopic (exact) mass is 235 g/mol. The summed E-state index contributed by atoms with van der Waals surface area (Å²) in [6.45, 7) is 1.61. The zero-order valence-corrected chi connectivity index (χ0v) is 9.34. The molecule has 0 spiro atoms. The number of rotatable bonds is 1. The molecule has 0 saturated heterocycles. The van der Waals surface area contributed by atoms with Gasteiger partial charge in [0.15, 0.2) is 6.10 Å². The zero-order valence-electron chi connectivity index (χ0n) is 9.34. The number of benzene rings is 1. The van der Waals surface area contributed by atoms with Crippen LogP contribution in [0.4, 0.5) is 5.69 Å². The molecular weight excluding hydrogens is 222 g/mol. The number of hydrogen-bond donors (Lipinski definition) is 2. The summed E-state index contributed by atoms with van der Waals surface area (Å²) in [4.78, 5) is 24.5. The van der Waals surface area contributed by atoms with Gasteiger partial charge in [0.25, 0.3) is 5.91 Å². The molecule has 0 saturated carbocycles. The van der Waals surface area contributed by atoms with Crippen LogP contribution in [0.15, 0.2) is 24.3 Å². The summed E-state index contributed by atoms with van der Waals surface area (Å²) in [7, 11) is 0. The van der Waals surface area contributed by atoms with Crippen LogP contribution in [0.1, 0.15) is 6.92 Å². The summed E-state index contributed by atoms with van der Waals surface area (Å²) in [5.74, 6) is 4.97. The second kappa shape index (κ2) is 4.42. The van der Waals surface area contributed by atoms with Crippen molar-refractivity contribution < 1.29 is 14.3 Å². The summed E-state index contributed by atoms with van der Waals surface area (Å²) in [5.41, 5.74) is 2.69. The van der Waals surface area contributed by atoms with Gasteiger partial charge in [0.05, 0.1) is 12.2 Å². The number of nitrogens with one attached hydrogen (secondary N) is 1. The van der Waals surface area contributed by atoms with Crippen LogP contribution in [0, 0.1) is 0 Å². The van der Waals surface area contributed by atoms with E-state index in [-0.39, 0.29) is 12.5 Å². The van der Waals surface area contributed by atoms with Crippen LogP contribution in [0.3, 0.4) is 0 Å². The van der Waals surface area contributed by atoms with E-state index >= 15 is 0 Å². The average Bonchev–Trinajstić information content (AvgIpc) is 2.36. The SMILES string of the molecule is CC(=O)N1C[C@@H](C(=O)NN)Oc2ccccc21. The summed E-state index contributed by atoms with van der Waals surface area (Å²) in [6.07, 6.45) is -0.779. The molecule has 0 fully saturated rings. The highest BCUT2D eigenvalue weighted by atomic mass is 16.5. The first kappa shape index (κ1) is 11.4. The molecule has 1 heterocycles. The Morgan fingerprint density at radius 1 is 1.47 bits per heavy atom. The zero-order chi connectivity index (χ0) is 12.4. The fourth-order valence-electron chi connectivity index (χ4n) is 1.76. The molecule has 6 nitrogen and oxygen atoms in total. The van der Waals surface area contributed by atoms with Crippen LogP contribution in [-0.2, 0) is 9.59 Å². The van der Waals surface area contributed by atoms with Crippen LogP contribution < -0.4 is 20.9 Å². The van der Waals surface area contributed by atoms with Crippen LogP contribution in [0.5, 0.6) is 5.75 Å². The number of carbonyl (C=O) groups is 2. The third-order valence-corrected chi connectivity index (χ3v) is 2.59. The maximum absolute atomic E-state index is 11.5. The molecule has 1 aromatic carbocycles. The van der Waals surface area contributed by atoms with Crippen molar-refractivity contribution in [1.82, 2.24) is 5.43 Å². The molecule has 90 valence electrons. The van der Waals surface area contributed by atoms with Gasteiger partial charge in [0, 0.05) is 6.92 Å². The minimum atomic E-state index is -0.779. The highest BCUT2D eigenvalue weighted by Crippen LogP contribution is 2.32. The number of anilines is 1. The first-order valence-electron chi connectivity index (χ1n) is 5.17. The Kier molecular flexibility index (Phi) is 2.97. The number of carbonyl (C=O) groups excluding carboxylic acids is 2. The molecule has 17 heavy (non-hydrogen) atoms. The van der Waals surface area contributed by atoms with E-state index in [0.29, 0.717) is 11.4 Å². The van der Waals surface area contributed by atoms with E-state index < -0.39 is 12.0 Å². The minimum Gasteiger partial charge on any atom is -0.476 e. The molecule has 0 bridgehead atoms. The van der Waals surface area contributed by atoms with Crippen molar-refractivity contribution in [3.8, 4) is 5.75 Å². The van der Waals surface area contributed by atoms with Crippen LogP contribution in [0.25, 0.3) is 0 Å². The molecule has 3 N–H and O–H groups in total. The maximum atomic E-state index is 11.5. The summed E-state index contributed by atoms with van der Waals surface area (Å²) >= 11 is 0. The molecule has 0 unspecified atom stereocenters. The summed E-state index contributed by atoms with van der Waals surface area (Å²) in [5, 5.41) is 0. The van der Waals surface area contributed by atoms with E-state index in [0.717, 1.165) is 0 Å². The number of para-hydroxylation sites is 2.